The molecule has 1 unspecified atom stereocenters. The zero-order valence-electron chi connectivity index (χ0n) is 21.5. The van der Waals surface area contributed by atoms with Gasteiger partial charge in [-0.2, -0.15) is 5.06 Å². The van der Waals surface area contributed by atoms with Gasteiger partial charge in [-0.05, 0) is 78.9 Å². The van der Waals surface area contributed by atoms with Crippen LogP contribution in [0.2, 0.25) is 0 Å². The van der Waals surface area contributed by atoms with E-state index in [0.717, 1.165) is 11.1 Å². The summed E-state index contributed by atoms with van der Waals surface area (Å²) in [5.41, 5.74) is -4.05. The normalized spacial score (nSPS) is 41.9. The van der Waals surface area contributed by atoms with Gasteiger partial charge in [-0.3, -0.25) is 9.59 Å². The molecule has 0 amide bonds. The molecule has 9 heteroatoms. The first-order valence-corrected chi connectivity index (χ1v) is 13.1. The Morgan fingerprint density at radius 1 is 1.16 bits per heavy atom. The second kappa shape index (κ2) is 9.40. The molecule has 5 rings (SSSR count). The lowest BCUT2D eigenvalue weighted by Gasteiger charge is -2.62. The lowest BCUT2D eigenvalue weighted by Crippen LogP contribution is -2.68. The number of carbonyl (C=O) groups excluding carboxylic acids is 2. The number of Topliss-reactive ketones (excluding diaryl/α,β-unsaturated/α-hetero) is 1. The number of halogens is 3. The summed E-state index contributed by atoms with van der Waals surface area (Å²) in [7, 11) is 0. The number of hydrogen-bond acceptors (Lipinski definition) is 6. The number of fused-ring (bicyclic) bond motifs is 5. The molecule has 6 nitrogen and oxygen atoms in total. The van der Waals surface area contributed by atoms with Crippen molar-refractivity contribution < 1.29 is 38.2 Å². The molecule has 4 aliphatic carbocycles. The predicted molar refractivity (Wildman–Crippen MR) is 132 cm³/mol. The number of hydroxylamine groups is 2. The third-order valence-corrected chi connectivity index (χ3v) is 10.0. The average Bonchev–Trinajstić information content (AvgIpc) is 3.14. The van der Waals surface area contributed by atoms with Gasteiger partial charge in [0.1, 0.15) is 18.6 Å². The molecular weight excluding hydrogens is 499 g/mol. The fourth-order valence-electron chi connectivity index (χ4n) is 8.43. The quantitative estimate of drug-likeness (QED) is 0.482. The van der Waals surface area contributed by atoms with Crippen LogP contribution in [0.5, 0.6) is 0 Å². The molecule has 9 atom stereocenters. The highest BCUT2D eigenvalue weighted by Gasteiger charge is 2.73. The van der Waals surface area contributed by atoms with Gasteiger partial charge >= 0.3 is 0 Å². The number of carbonyl (C=O) groups is 2. The van der Waals surface area contributed by atoms with Crippen LogP contribution in [0.3, 0.4) is 0 Å². The van der Waals surface area contributed by atoms with Crippen LogP contribution >= 0.6 is 0 Å². The molecule has 206 valence electrons. The first kappa shape index (κ1) is 27.2. The number of benzene rings is 1. The molecule has 1 aromatic rings. The van der Waals surface area contributed by atoms with E-state index in [1.165, 1.54) is 43.3 Å². The van der Waals surface area contributed by atoms with Crippen molar-refractivity contribution in [2.75, 3.05) is 13.2 Å². The third-order valence-electron chi connectivity index (χ3n) is 10.0. The number of allylic oxidation sites excluding steroid dienone is 4. The Morgan fingerprint density at radius 2 is 1.84 bits per heavy atom. The number of nitrogens with zero attached hydrogens (tertiary/aromatic N) is 1. The Morgan fingerprint density at radius 3 is 2.50 bits per heavy atom. The summed E-state index contributed by atoms with van der Waals surface area (Å²) >= 11 is 0. The highest BCUT2D eigenvalue weighted by atomic mass is 19.1. The van der Waals surface area contributed by atoms with E-state index >= 15 is 8.78 Å². The molecule has 3 N–H and O–H groups in total. The predicted octanol–water partition coefficient (Wildman–Crippen LogP) is 3.74. The largest absolute Gasteiger partial charge is 0.390 e. The van der Waals surface area contributed by atoms with Gasteiger partial charge in [0.05, 0.1) is 6.10 Å². The first-order chi connectivity index (χ1) is 17.8. The van der Waals surface area contributed by atoms with Gasteiger partial charge in [-0.1, -0.05) is 25.1 Å². The van der Waals surface area contributed by atoms with E-state index in [-0.39, 0.29) is 31.5 Å². The lowest BCUT2D eigenvalue weighted by molar-refractivity contribution is -0.202. The van der Waals surface area contributed by atoms with Crippen LogP contribution < -0.4 is 0 Å². The number of aliphatic hydroxyl groups is 2. The minimum Gasteiger partial charge on any atom is -0.390 e. The van der Waals surface area contributed by atoms with Gasteiger partial charge in [0, 0.05) is 30.3 Å². The molecule has 4 aliphatic rings. The monoisotopic (exact) mass is 533 g/mol. The maximum Gasteiger partial charge on any atom is 0.178 e. The van der Waals surface area contributed by atoms with Crippen LogP contribution in [0.15, 0.2) is 48.1 Å². The summed E-state index contributed by atoms with van der Waals surface area (Å²) in [5.74, 6) is -4.03. The molecule has 0 bridgehead atoms. The van der Waals surface area contributed by atoms with Crippen LogP contribution in [0.25, 0.3) is 0 Å². The molecule has 3 fully saturated rings. The fourth-order valence-corrected chi connectivity index (χ4v) is 8.43. The van der Waals surface area contributed by atoms with E-state index in [1.54, 1.807) is 6.92 Å². The SMILES string of the molecule is C[C@]12C[C@H](O)[C@@]3(F)[C@@H](C[C@H](F)C4=CC(=O)C=C[C@@]43C)C1C[C@@H](CN(O)Cc1ccc(F)cc1)[C@@H]2C(=O)CO. The molecule has 38 heavy (non-hydrogen) atoms. The maximum absolute atomic E-state index is 17.3. The fraction of sp³-hybridized carbons (Fsp3) is 0.586. The van der Waals surface area contributed by atoms with Crippen LogP contribution in [0, 0.1) is 40.3 Å². The smallest absolute Gasteiger partial charge is 0.178 e. The summed E-state index contributed by atoms with van der Waals surface area (Å²) in [6.45, 7) is 2.66. The van der Waals surface area contributed by atoms with E-state index in [0.29, 0.717) is 12.0 Å². The molecular formula is C29H34F3NO5. The number of hydrogen-bond donors (Lipinski definition) is 3. The van der Waals surface area contributed by atoms with Gasteiger partial charge in [-0.25, -0.2) is 13.2 Å². The Kier molecular flexibility index (Phi) is 6.74. The topological polar surface area (TPSA) is 98.1 Å². The molecule has 1 aromatic carbocycles. The van der Waals surface area contributed by atoms with Crippen LogP contribution in [0.4, 0.5) is 13.2 Å². The summed E-state index contributed by atoms with van der Waals surface area (Å²) in [5, 5.41) is 33.0. The summed E-state index contributed by atoms with van der Waals surface area (Å²) in [4.78, 5) is 25.1. The Bertz CT molecular complexity index is 1190. The van der Waals surface area contributed by atoms with Crippen molar-refractivity contribution >= 4 is 11.6 Å². The van der Waals surface area contributed by atoms with Crippen molar-refractivity contribution in [1.82, 2.24) is 5.06 Å². The average molecular weight is 534 g/mol. The van der Waals surface area contributed by atoms with Crippen molar-refractivity contribution in [1.29, 1.82) is 0 Å². The zero-order valence-corrected chi connectivity index (χ0v) is 21.5. The van der Waals surface area contributed by atoms with E-state index < -0.39 is 76.4 Å². The van der Waals surface area contributed by atoms with Crippen molar-refractivity contribution in [3.05, 3.63) is 59.4 Å². The molecule has 0 spiro atoms. The number of aliphatic hydroxyl groups excluding tert-OH is 2. The Hall–Kier alpha value is -2.33. The number of rotatable bonds is 6. The second-order valence-corrected chi connectivity index (χ2v) is 12.0. The Labute approximate surface area is 219 Å². The molecule has 0 saturated heterocycles. The molecule has 0 radical (unpaired) electrons. The highest BCUT2D eigenvalue weighted by molar-refractivity contribution is 6.01. The van der Waals surface area contributed by atoms with E-state index in [9.17, 15) is 29.4 Å². The second-order valence-electron chi connectivity index (χ2n) is 12.0. The van der Waals surface area contributed by atoms with Crippen molar-refractivity contribution in [2.45, 2.75) is 57.6 Å². The number of alkyl halides is 2. The first-order valence-electron chi connectivity index (χ1n) is 13.1. The van der Waals surface area contributed by atoms with Gasteiger partial charge in [0.2, 0.25) is 0 Å². The van der Waals surface area contributed by atoms with Gasteiger partial charge in [0.15, 0.2) is 17.2 Å². The van der Waals surface area contributed by atoms with Gasteiger partial charge in [-0.15, -0.1) is 0 Å². The minimum atomic E-state index is -2.27. The van der Waals surface area contributed by atoms with Crippen molar-refractivity contribution in [3.8, 4) is 0 Å². The Balaban J connectivity index is 1.49. The van der Waals surface area contributed by atoms with Crippen LogP contribution in [-0.4, -0.2) is 63.1 Å². The third kappa shape index (κ3) is 3.93. The van der Waals surface area contributed by atoms with Crippen LogP contribution in [-0.2, 0) is 16.1 Å². The molecule has 3 saturated carbocycles. The standard InChI is InChI=1S/C29H34F3NO5/c1-27-12-25(37)29(32)21(11-23(31)22-10-19(35)7-8-28(22,29)2)20(27)9-17(26(27)24(36)15-34)14-33(38)13-16-3-5-18(30)6-4-16/h3-8,10,17,20-21,23,25-26,34,37-38H,9,11-15H2,1-2H3/t17-,20?,21-,23-,25-,26+,27-,28-,29-/m0/s1. The number of ketones is 2. The molecule has 0 aromatic heterocycles. The van der Waals surface area contributed by atoms with Crippen molar-refractivity contribution in [2.24, 2.45) is 34.5 Å². The van der Waals surface area contributed by atoms with E-state index in [4.69, 9.17) is 0 Å². The molecule has 0 aliphatic heterocycles. The minimum absolute atomic E-state index is 0.0256. The van der Waals surface area contributed by atoms with Gasteiger partial charge < -0.3 is 15.4 Å². The summed E-state index contributed by atoms with van der Waals surface area (Å²) in [6, 6.07) is 5.63. The zero-order chi connectivity index (χ0) is 27.6. The van der Waals surface area contributed by atoms with Gasteiger partial charge in [0.25, 0.3) is 0 Å². The highest BCUT2D eigenvalue weighted by Crippen LogP contribution is 2.70. The maximum atomic E-state index is 17.3. The molecule has 0 heterocycles. The lowest BCUT2D eigenvalue weighted by atomic mass is 9.45. The summed E-state index contributed by atoms with van der Waals surface area (Å²) < 4.78 is 46.2. The van der Waals surface area contributed by atoms with E-state index in [2.05, 4.69) is 0 Å². The summed E-state index contributed by atoms with van der Waals surface area (Å²) in [6.07, 6.45) is 0.578. The van der Waals surface area contributed by atoms with Crippen LogP contribution in [0.1, 0.15) is 38.7 Å². The van der Waals surface area contributed by atoms with Crippen molar-refractivity contribution in [3.63, 3.8) is 0 Å². The van der Waals surface area contributed by atoms with E-state index in [1.807, 2.05) is 0 Å².